The lowest BCUT2D eigenvalue weighted by Crippen LogP contribution is -2.16. The summed E-state index contributed by atoms with van der Waals surface area (Å²) in [6, 6.07) is 19.6. The van der Waals surface area contributed by atoms with Crippen molar-refractivity contribution in [1.82, 2.24) is 5.43 Å². The van der Waals surface area contributed by atoms with Gasteiger partial charge in [-0.05, 0) is 48.9 Å². The topological polar surface area (TPSA) is 77.0 Å². The Kier molecular flexibility index (Phi) is 6.72. The second-order valence-electron chi connectivity index (χ2n) is 7.11. The molecule has 4 rings (SSSR count). The molecule has 6 nitrogen and oxygen atoms in total. The van der Waals surface area contributed by atoms with Crippen molar-refractivity contribution >= 4 is 51.1 Å². The summed E-state index contributed by atoms with van der Waals surface area (Å²) in [5.74, 6) is -0.241. The first kappa shape index (κ1) is 22.5. The van der Waals surface area contributed by atoms with Crippen LogP contribution in [0.2, 0.25) is 5.02 Å². The van der Waals surface area contributed by atoms with Gasteiger partial charge in [0.15, 0.2) is 11.5 Å². The van der Waals surface area contributed by atoms with Crippen LogP contribution in [0.1, 0.15) is 31.2 Å². The number of halogens is 1. The lowest BCUT2D eigenvalue weighted by atomic mass is 10.1. The Morgan fingerprint density at radius 1 is 1.03 bits per heavy atom. The van der Waals surface area contributed by atoms with Crippen LogP contribution in [0.5, 0.6) is 11.5 Å². The molecule has 0 fully saturated rings. The molecule has 1 aromatic heterocycles. The highest BCUT2D eigenvalue weighted by Crippen LogP contribution is 2.35. The van der Waals surface area contributed by atoms with Crippen molar-refractivity contribution in [3.05, 3.63) is 93.3 Å². The first-order chi connectivity index (χ1) is 16.0. The van der Waals surface area contributed by atoms with E-state index >= 15 is 0 Å². The third kappa shape index (κ3) is 5.05. The van der Waals surface area contributed by atoms with Gasteiger partial charge < -0.3 is 9.47 Å². The van der Waals surface area contributed by atoms with Gasteiger partial charge in [0.25, 0.3) is 5.91 Å². The van der Waals surface area contributed by atoms with E-state index in [2.05, 4.69) is 10.5 Å². The van der Waals surface area contributed by atoms with Gasteiger partial charge in [0, 0.05) is 10.1 Å². The standard InChI is InChI=1S/C25H19ClN2O4S/c1-15-7-10-17(11-8-15)25(30)32-19-12-9-16(13-20(19)31-2)14-27-28-24(29)23-22(26)18-5-3-4-6-21(18)33-23/h3-14H,1-2H3,(H,28,29)/b27-14+. The van der Waals surface area contributed by atoms with Crippen LogP contribution in [-0.4, -0.2) is 25.2 Å². The molecule has 33 heavy (non-hydrogen) atoms. The minimum Gasteiger partial charge on any atom is -0.493 e. The van der Waals surface area contributed by atoms with Crippen molar-refractivity contribution in [3.63, 3.8) is 0 Å². The summed E-state index contributed by atoms with van der Waals surface area (Å²) in [5.41, 5.74) is 4.62. The van der Waals surface area contributed by atoms with Crippen molar-refractivity contribution in [1.29, 1.82) is 0 Å². The van der Waals surface area contributed by atoms with E-state index in [1.54, 1.807) is 30.3 Å². The molecule has 1 heterocycles. The van der Waals surface area contributed by atoms with E-state index in [-0.39, 0.29) is 5.75 Å². The molecule has 0 aliphatic carbocycles. The first-order valence-electron chi connectivity index (χ1n) is 9.93. The van der Waals surface area contributed by atoms with E-state index in [9.17, 15) is 9.59 Å². The minimum atomic E-state index is -0.484. The Labute approximate surface area is 199 Å². The Hall–Kier alpha value is -3.68. The molecule has 0 bridgehead atoms. The summed E-state index contributed by atoms with van der Waals surface area (Å²) in [4.78, 5) is 25.3. The van der Waals surface area contributed by atoms with Gasteiger partial charge in [0.1, 0.15) is 4.88 Å². The summed E-state index contributed by atoms with van der Waals surface area (Å²) in [5, 5.41) is 5.25. The molecular formula is C25H19ClN2O4S. The van der Waals surface area contributed by atoms with Gasteiger partial charge in [-0.1, -0.05) is 47.5 Å². The van der Waals surface area contributed by atoms with E-state index in [1.165, 1.54) is 24.7 Å². The SMILES string of the molecule is COc1cc(/C=N/NC(=O)c2sc3ccccc3c2Cl)ccc1OC(=O)c1ccc(C)cc1. The molecule has 3 aromatic carbocycles. The van der Waals surface area contributed by atoms with Gasteiger partial charge >= 0.3 is 5.97 Å². The number of esters is 1. The van der Waals surface area contributed by atoms with Gasteiger partial charge in [0.2, 0.25) is 0 Å². The number of nitrogens with one attached hydrogen (secondary N) is 1. The zero-order valence-corrected chi connectivity index (χ0v) is 19.4. The number of rotatable bonds is 6. The number of benzene rings is 3. The number of nitrogens with zero attached hydrogens (tertiary/aromatic N) is 1. The van der Waals surface area contributed by atoms with Crippen LogP contribution >= 0.6 is 22.9 Å². The molecule has 0 aliphatic heterocycles. The number of amides is 1. The van der Waals surface area contributed by atoms with Gasteiger partial charge in [-0.2, -0.15) is 5.10 Å². The van der Waals surface area contributed by atoms with Crippen LogP contribution in [0.25, 0.3) is 10.1 Å². The molecule has 0 aliphatic rings. The maximum absolute atomic E-state index is 12.5. The largest absolute Gasteiger partial charge is 0.493 e. The van der Waals surface area contributed by atoms with E-state index in [0.29, 0.717) is 26.8 Å². The molecule has 4 aromatic rings. The van der Waals surface area contributed by atoms with Crippen LogP contribution in [0, 0.1) is 6.92 Å². The number of aryl methyl sites for hydroxylation is 1. The van der Waals surface area contributed by atoms with Crippen molar-refractivity contribution in [2.75, 3.05) is 7.11 Å². The van der Waals surface area contributed by atoms with Gasteiger partial charge in [0.05, 0.1) is 23.9 Å². The highest BCUT2D eigenvalue weighted by Gasteiger charge is 2.16. The fourth-order valence-corrected chi connectivity index (χ4v) is 4.48. The van der Waals surface area contributed by atoms with Crippen LogP contribution in [0.4, 0.5) is 0 Å². The third-order valence-electron chi connectivity index (χ3n) is 4.80. The molecule has 0 radical (unpaired) electrons. The number of ether oxygens (including phenoxy) is 2. The van der Waals surface area contributed by atoms with Crippen LogP contribution in [0.3, 0.4) is 0 Å². The number of hydrogen-bond donors (Lipinski definition) is 1. The molecular weight excluding hydrogens is 460 g/mol. The summed E-state index contributed by atoms with van der Waals surface area (Å²) in [7, 11) is 1.48. The maximum atomic E-state index is 12.5. The van der Waals surface area contributed by atoms with E-state index in [0.717, 1.165) is 15.6 Å². The average molecular weight is 479 g/mol. The van der Waals surface area contributed by atoms with Gasteiger partial charge in [-0.3, -0.25) is 4.79 Å². The fourth-order valence-electron chi connectivity index (χ4n) is 3.07. The first-order valence-corrected chi connectivity index (χ1v) is 11.1. The number of thiophene rings is 1. The molecule has 0 spiro atoms. The second-order valence-corrected chi connectivity index (χ2v) is 8.54. The second kappa shape index (κ2) is 9.85. The van der Waals surface area contributed by atoms with Crippen molar-refractivity contribution < 1.29 is 19.1 Å². The summed E-state index contributed by atoms with van der Waals surface area (Å²) < 4.78 is 11.7. The van der Waals surface area contributed by atoms with Crippen LogP contribution in [-0.2, 0) is 0 Å². The van der Waals surface area contributed by atoms with Crippen LogP contribution in [0.15, 0.2) is 71.8 Å². The number of fused-ring (bicyclic) bond motifs is 1. The quantitative estimate of drug-likeness (QED) is 0.163. The number of carbonyl (C=O) groups is 2. The Bertz CT molecular complexity index is 1360. The van der Waals surface area contributed by atoms with Crippen molar-refractivity contribution in [3.8, 4) is 11.5 Å². The highest BCUT2D eigenvalue weighted by molar-refractivity contribution is 7.21. The van der Waals surface area contributed by atoms with E-state index in [4.69, 9.17) is 21.1 Å². The molecule has 0 saturated heterocycles. The van der Waals surface area contributed by atoms with Crippen molar-refractivity contribution in [2.24, 2.45) is 5.10 Å². The summed E-state index contributed by atoms with van der Waals surface area (Å²) in [6.45, 7) is 1.94. The Balaban J connectivity index is 1.44. The number of methoxy groups -OCH3 is 1. The molecule has 1 amide bonds. The summed E-state index contributed by atoms with van der Waals surface area (Å²) in [6.07, 6.45) is 1.47. The zero-order chi connectivity index (χ0) is 23.4. The predicted octanol–water partition coefficient (Wildman–Crippen LogP) is 5.85. The lowest BCUT2D eigenvalue weighted by Gasteiger charge is -2.10. The fraction of sp³-hybridized carbons (Fsp3) is 0.0800. The molecule has 166 valence electrons. The van der Waals surface area contributed by atoms with Gasteiger partial charge in [-0.15, -0.1) is 11.3 Å². The normalized spacial score (nSPS) is 11.0. The van der Waals surface area contributed by atoms with E-state index < -0.39 is 11.9 Å². The third-order valence-corrected chi connectivity index (χ3v) is 6.47. The maximum Gasteiger partial charge on any atom is 0.343 e. The highest BCUT2D eigenvalue weighted by atomic mass is 35.5. The smallest absolute Gasteiger partial charge is 0.343 e. The van der Waals surface area contributed by atoms with E-state index in [1.807, 2.05) is 43.3 Å². The van der Waals surface area contributed by atoms with Gasteiger partial charge in [-0.25, -0.2) is 10.2 Å². The Morgan fingerprint density at radius 3 is 2.52 bits per heavy atom. The monoisotopic (exact) mass is 478 g/mol. The van der Waals surface area contributed by atoms with Crippen molar-refractivity contribution in [2.45, 2.75) is 6.92 Å². The number of hydrazone groups is 1. The number of hydrogen-bond acceptors (Lipinski definition) is 6. The molecule has 0 atom stereocenters. The summed E-state index contributed by atoms with van der Waals surface area (Å²) >= 11 is 7.64. The predicted molar refractivity (Wildman–Crippen MR) is 131 cm³/mol. The average Bonchev–Trinajstić information content (AvgIpc) is 3.17. The molecule has 1 N–H and O–H groups in total. The minimum absolute atomic E-state index is 0.279. The number of carbonyl (C=O) groups excluding carboxylic acids is 2. The molecule has 8 heteroatoms. The Morgan fingerprint density at radius 2 is 1.79 bits per heavy atom. The molecule has 0 saturated carbocycles. The van der Waals surface area contributed by atoms with Crippen LogP contribution < -0.4 is 14.9 Å². The molecule has 0 unspecified atom stereocenters. The lowest BCUT2D eigenvalue weighted by molar-refractivity contribution is 0.0729. The zero-order valence-electron chi connectivity index (χ0n) is 17.8.